The van der Waals surface area contributed by atoms with Gasteiger partial charge >= 0.3 is 12.6 Å². The van der Waals surface area contributed by atoms with Crippen LogP contribution in [-0.2, 0) is 16.1 Å². The zero-order valence-electron chi connectivity index (χ0n) is 17.4. The minimum atomic E-state index is -3.21. The first-order valence-electron chi connectivity index (χ1n) is 9.50. The number of methoxy groups -OCH3 is 1. The standard InChI is InChI=1S/C20H20F2N2O7S/c1-9-10(2)32-18(23-17(25)11-4-5-11)16(9)19(26)30-8-12-6-14(29-3)15(31-20(21)22)7-13(12)24(27)28/h6-7,11,20H,4-5,8H2,1-3H3,(H,23,25). The van der Waals surface area contributed by atoms with Gasteiger partial charge in [-0.1, -0.05) is 0 Å². The van der Waals surface area contributed by atoms with Crippen LogP contribution in [0.1, 0.15) is 39.2 Å². The molecule has 1 aliphatic carbocycles. The molecule has 1 saturated carbocycles. The van der Waals surface area contributed by atoms with E-state index >= 15 is 0 Å². The molecule has 0 spiro atoms. The summed E-state index contributed by atoms with van der Waals surface area (Å²) in [5.41, 5.74) is 0.150. The number of nitrogens with zero attached hydrogens (tertiary/aromatic N) is 1. The molecule has 3 rings (SSSR count). The van der Waals surface area contributed by atoms with Crippen molar-refractivity contribution in [2.24, 2.45) is 5.92 Å². The molecule has 0 atom stereocenters. The molecule has 1 aromatic heterocycles. The third-order valence-corrected chi connectivity index (χ3v) is 6.03. The summed E-state index contributed by atoms with van der Waals surface area (Å²) in [7, 11) is 1.18. The van der Waals surface area contributed by atoms with Crippen LogP contribution in [0.5, 0.6) is 11.5 Å². The van der Waals surface area contributed by atoms with Crippen molar-refractivity contribution in [2.75, 3.05) is 12.4 Å². The number of hydrogen-bond donors (Lipinski definition) is 1. The van der Waals surface area contributed by atoms with Gasteiger partial charge in [0.25, 0.3) is 5.69 Å². The number of amides is 1. The molecule has 1 fully saturated rings. The Hall–Kier alpha value is -3.28. The first-order valence-corrected chi connectivity index (χ1v) is 10.3. The Kier molecular flexibility index (Phi) is 6.92. The van der Waals surface area contributed by atoms with Gasteiger partial charge in [0.15, 0.2) is 11.5 Å². The number of ether oxygens (including phenoxy) is 3. The van der Waals surface area contributed by atoms with Gasteiger partial charge in [0.1, 0.15) is 11.6 Å². The number of anilines is 1. The summed E-state index contributed by atoms with van der Waals surface area (Å²) in [6.07, 6.45) is 1.59. The molecule has 1 N–H and O–H groups in total. The van der Waals surface area contributed by atoms with Gasteiger partial charge in [0.05, 0.1) is 29.2 Å². The van der Waals surface area contributed by atoms with E-state index in [-0.39, 0.29) is 28.7 Å². The monoisotopic (exact) mass is 470 g/mol. The Labute approximate surface area is 185 Å². The predicted octanol–water partition coefficient (Wildman–Crippen LogP) is 4.59. The van der Waals surface area contributed by atoms with Gasteiger partial charge in [-0.2, -0.15) is 8.78 Å². The molecule has 0 unspecified atom stereocenters. The van der Waals surface area contributed by atoms with E-state index in [1.807, 2.05) is 0 Å². The van der Waals surface area contributed by atoms with Crippen molar-refractivity contribution in [1.82, 2.24) is 0 Å². The Balaban J connectivity index is 1.84. The van der Waals surface area contributed by atoms with Gasteiger partial charge in [0, 0.05) is 10.8 Å². The topological polar surface area (TPSA) is 117 Å². The third-order valence-electron chi connectivity index (χ3n) is 4.91. The average Bonchev–Trinajstić information content (AvgIpc) is 3.53. The van der Waals surface area contributed by atoms with Gasteiger partial charge < -0.3 is 19.5 Å². The van der Waals surface area contributed by atoms with Crippen LogP contribution >= 0.6 is 11.3 Å². The van der Waals surface area contributed by atoms with Crippen molar-refractivity contribution in [3.8, 4) is 11.5 Å². The maximum Gasteiger partial charge on any atom is 0.387 e. The lowest BCUT2D eigenvalue weighted by Gasteiger charge is -2.13. The number of benzene rings is 1. The van der Waals surface area contributed by atoms with E-state index in [0.717, 1.165) is 29.9 Å². The number of aryl methyl sites for hydroxylation is 1. The molecular formula is C20H20F2N2O7S. The minimum absolute atomic E-state index is 0.0642. The van der Waals surface area contributed by atoms with Gasteiger partial charge in [0.2, 0.25) is 5.91 Å². The normalized spacial score (nSPS) is 13.1. The summed E-state index contributed by atoms with van der Waals surface area (Å²) in [5.74, 6) is -1.71. The fraction of sp³-hybridized carbons (Fsp3) is 0.400. The van der Waals surface area contributed by atoms with Gasteiger partial charge in [-0.25, -0.2) is 4.79 Å². The second kappa shape index (κ2) is 9.47. The molecule has 1 heterocycles. The molecule has 32 heavy (non-hydrogen) atoms. The van der Waals surface area contributed by atoms with Crippen molar-refractivity contribution in [2.45, 2.75) is 39.9 Å². The van der Waals surface area contributed by atoms with Crippen molar-refractivity contribution in [1.29, 1.82) is 0 Å². The van der Waals surface area contributed by atoms with Crippen LogP contribution in [0.25, 0.3) is 0 Å². The summed E-state index contributed by atoms with van der Waals surface area (Å²) in [5, 5.41) is 14.5. The van der Waals surface area contributed by atoms with E-state index < -0.39 is 35.5 Å². The molecule has 1 amide bonds. The highest BCUT2D eigenvalue weighted by Gasteiger charge is 2.32. The van der Waals surface area contributed by atoms with E-state index in [0.29, 0.717) is 10.6 Å². The number of rotatable bonds is 9. The van der Waals surface area contributed by atoms with Gasteiger partial charge in [-0.15, -0.1) is 11.3 Å². The first-order chi connectivity index (χ1) is 15.1. The van der Waals surface area contributed by atoms with Crippen LogP contribution in [0.15, 0.2) is 12.1 Å². The maximum absolute atomic E-state index is 12.8. The summed E-state index contributed by atoms with van der Waals surface area (Å²) >= 11 is 1.24. The fourth-order valence-corrected chi connectivity index (χ4v) is 4.01. The van der Waals surface area contributed by atoms with Crippen molar-refractivity contribution in [3.63, 3.8) is 0 Å². The molecule has 0 aliphatic heterocycles. The number of hydrogen-bond acceptors (Lipinski definition) is 8. The lowest BCUT2D eigenvalue weighted by atomic mass is 10.1. The Bertz CT molecular complexity index is 1070. The number of esters is 1. The number of nitrogens with one attached hydrogen (secondary N) is 1. The lowest BCUT2D eigenvalue weighted by molar-refractivity contribution is -0.386. The number of nitro benzene ring substituents is 1. The van der Waals surface area contributed by atoms with Gasteiger partial charge in [-0.3, -0.25) is 14.9 Å². The van der Waals surface area contributed by atoms with Crippen LogP contribution in [-0.4, -0.2) is 30.5 Å². The summed E-state index contributed by atoms with van der Waals surface area (Å²) in [6, 6.07) is 1.89. The zero-order valence-corrected chi connectivity index (χ0v) is 18.2. The Morgan fingerprint density at radius 2 is 1.97 bits per heavy atom. The second-order valence-electron chi connectivity index (χ2n) is 7.09. The highest BCUT2D eigenvalue weighted by atomic mass is 32.1. The average molecular weight is 470 g/mol. The number of alkyl halides is 2. The third kappa shape index (κ3) is 5.13. The van der Waals surface area contributed by atoms with Crippen molar-refractivity contribution >= 4 is 33.9 Å². The highest BCUT2D eigenvalue weighted by Crippen LogP contribution is 2.38. The van der Waals surface area contributed by atoms with Crippen LogP contribution in [0.3, 0.4) is 0 Å². The first kappa shape index (κ1) is 23.4. The van der Waals surface area contributed by atoms with Gasteiger partial charge in [-0.05, 0) is 38.3 Å². The Morgan fingerprint density at radius 3 is 2.53 bits per heavy atom. The second-order valence-corrected chi connectivity index (χ2v) is 8.32. The SMILES string of the molecule is COc1cc(COC(=O)c2c(NC(=O)C3CC3)sc(C)c2C)c([N+](=O)[O-])cc1OC(F)F. The van der Waals surface area contributed by atoms with Crippen molar-refractivity contribution < 1.29 is 37.5 Å². The predicted molar refractivity (Wildman–Crippen MR) is 111 cm³/mol. The number of carbonyl (C=O) groups is 2. The zero-order chi connectivity index (χ0) is 23.6. The molecule has 9 nitrogen and oxygen atoms in total. The molecule has 0 bridgehead atoms. The van der Waals surface area contributed by atoms with E-state index in [1.54, 1.807) is 13.8 Å². The minimum Gasteiger partial charge on any atom is -0.493 e. The Morgan fingerprint density at radius 1 is 1.28 bits per heavy atom. The summed E-state index contributed by atoms with van der Waals surface area (Å²) in [6.45, 7) is -0.232. The van der Waals surface area contributed by atoms with Crippen LogP contribution in [0.2, 0.25) is 0 Å². The molecule has 1 aliphatic rings. The van der Waals surface area contributed by atoms with Crippen molar-refractivity contribution in [3.05, 3.63) is 43.8 Å². The molecule has 0 saturated heterocycles. The summed E-state index contributed by atoms with van der Waals surface area (Å²) in [4.78, 5) is 36.4. The molecular weight excluding hydrogens is 450 g/mol. The molecule has 172 valence electrons. The summed E-state index contributed by atoms with van der Waals surface area (Å²) < 4.78 is 39.7. The molecule has 0 radical (unpaired) electrons. The smallest absolute Gasteiger partial charge is 0.387 e. The number of halogens is 2. The quantitative estimate of drug-likeness (QED) is 0.324. The van der Waals surface area contributed by atoms with E-state index in [2.05, 4.69) is 10.1 Å². The van der Waals surface area contributed by atoms with E-state index in [9.17, 15) is 28.5 Å². The van der Waals surface area contributed by atoms with E-state index in [1.165, 1.54) is 18.4 Å². The molecule has 1 aromatic carbocycles. The number of carbonyl (C=O) groups excluding carboxylic acids is 2. The van der Waals surface area contributed by atoms with Crippen LogP contribution in [0.4, 0.5) is 19.5 Å². The van der Waals surface area contributed by atoms with Crippen LogP contribution < -0.4 is 14.8 Å². The highest BCUT2D eigenvalue weighted by molar-refractivity contribution is 7.16. The van der Waals surface area contributed by atoms with Crippen LogP contribution in [0, 0.1) is 29.9 Å². The number of nitro groups is 1. The molecule has 2 aromatic rings. The molecule has 12 heteroatoms. The largest absolute Gasteiger partial charge is 0.493 e. The number of thiophene rings is 1. The maximum atomic E-state index is 12.8. The fourth-order valence-electron chi connectivity index (χ4n) is 2.96. The van der Waals surface area contributed by atoms with E-state index in [4.69, 9.17) is 9.47 Å². The lowest BCUT2D eigenvalue weighted by Crippen LogP contribution is -2.16.